The van der Waals surface area contributed by atoms with Crippen LogP contribution in [0.3, 0.4) is 0 Å². The van der Waals surface area contributed by atoms with Gasteiger partial charge < -0.3 is 9.88 Å². The second kappa shape index (κ2) is 5.36. The maximum Gasteiger partial charge on any atom is 0.256 e. The van der Waals surface area contributed by atoms with Gasteiger partial charge in [-0.15, -0.1) is 0 Å². The molecule has 0 spiro atoms. The molecule has 1 amide bonds. The first-order valence-electron chi connectivity index (χ1n) is 6.14. The molecule has 3 rings (SSSR count). The largest absolute Gasteiger partial charge is 0.307 e. The average Bonchev–Trinajstić information content (AvgIpc) is 3.03. The van der Waals surface area contributed by atoms with E-state index in [2.05, 4.69) is 15.3 Å². The maximum absolute atomic E-state index is 12.0. The number of amides is 1. The third kappa shape index (κ3) is 2.56. The molecule has 0 bridgehead atoms. The first kappa shape index (κ1) is 12.1. The fourth-order valence-electron chi connectivity index (χ4n) is 1.82. The summed E-state index contributed by atoms with van der Waals surface area (Å²) in [4.78, 5) is 20.1. The predicted molar refractivity (Wildman–Crippen MR) is 75.8 cm³/mol. The zero-order chi connectivity index (χ0) is 13.8. The number of anilines is 1. The van der Waals surface area contributed by atoms with Gasteiger partial charge in [-0.1, -0.05) is 6.07 Å². The van der Waals surface area contributed by atoms with Crippen molar-refractivity contribution in [2.45, 2.75) is 0 Å². The van der Waals surface area contributed by atoms with Gasteiger partial charge in [-0.3, -0.25) is 4.79 Å². The number of hydrogen-bond acceptors (Lipinski definition) is 3. The van der Waals surface area contributed by atoms with E-state index in [0.717, 1.165) is 5.69 Å². The Labute approximate surface area is 115 Å². The lowest BCUT2D eigenvalue weighted by Crippen LogP contribution is -2.12. The van der Waals surface area contributed by atoms with E-state index in [4.69, 9.17) is 0 Å². The van der Waals surface area contributed by atoms with Gasteiger partial charge in [0, 0.05) is 29.8 Å². The topological polar surface area (TPSA) is 59.8 Å². The quantitative estimate of drug-likeness (QED) is 0.790. The van der Waals surface area contributed by atoms with Crippen LogP contribution in [-0.4, -0.2) is 20.4 Å². The molecule has 0 atom stereocenters. The van der Waals surface area contributed by atoms with Crippen LogP contribution in [0.15, 0.2) is 67.4 Å². The number of nitrogens with one attached hydrogen (secondary N) is 1. The highest BCUT2D eigenvalue weighted by atomic mass is 16.1. The lowest BCUT2D eigenvalue weighted by Gasteiger charge is -2.06. The van der Waals surface area contributed by atoms with E-state index in [1.54, 1.807) is 43.0 Å². The van der Waals surface area contributed by atoms with Gasteiger partial charge in [0.1, 0.15) is 5.82 Å². The van der Waals surface area contributed by atoms with Crippen LogP contribution >= 0.6 is 0 Å². The molecule has 0 fully saturated rings. The zero-order valence-corrected chi connectivity index (χ0v) is 10.6. The number of hydrogen-bond donors (Lipinski definition) is 1. The van der Waals surface area contributed by atoms with Crippen molar-refractivity contribution in [3.05, 3.63) is 72.9 Å². The Kier molecular flexibility index (Phi) is 3.24. The van der Waals surface area contributed by atoms with Gasteiger partial charge in [0.25, 0.3) is 5.91 Å². The first-order chi connectivity index (χ1) is 9.83. The van der Waals surface area contributed by atoms with Crippen LogP contribution in [-0.2, 0) is 0 Å². The first-order valence-corrected chi connectivity index (χ1v) is 6.14. The lowest BCUT2D eigenvalue weighted by molar-refractivity contribution is 0.102. The Hall–Kier alpha value is -2.95. The smallest absolute Gasteiger partial charge is 0.256 e. The molecule has 0 saturated heterocycles. The second-order valence-electron chi connectivity index (χ2n) is 4.19. The van der Waals surface area contributed by atoms with E-state index in [1.165, 1.54) is 0 Å². The molecule has 20 heavy (non-hydrogen) atoms. The van der Waals surface area contributed by atoms with Crippen molar-refractivity contribution < 1.29 is 4.79 Å². The van der Waals surface area contributed by atoms with Crippen molar-refractivity contribution in [1.82, 2.24) is 14.5 Å². The molecule has 0 saturated carbocycles. The van der Waals surface area contributed by atoms with Crippen molar-refractivity contribution in [3.63, 3.8) is 0 Å². The minimum atomic E-state index is -0.180. The van der Waals surface area contributed by atoms with Crippen molar-refractivity contribution in [1.29, 1.82) is 0 Å². The van der Waals surface area contributed by atoms with Crippen LogP contribution in [0.25, 0.3) is 5.69 Å². The summed E-state index contributed by atoms with van der Waals surface area (Å²) in [6, 6.07) is 12.7. The van der Waals surface area contributed by atoms with Gasteiger partial charge in [-0.2, -0.15) is 0 Å². The van der Waals surface area contributed by atoms with Gasteiger partial charge in [0.15, 0.2) is 0 Å². The monoisotopic (exact) mass is 264 g/mol. The normalized spacial score (nSPS) is 10.2. The molecule has 2 aromatic heterocycles. The third-order valence-corrected chi connectivity index (χ3v) is 2.84. The molecule has 0 radical (unpaired) electrons. The summed E-state index contributed by atoms with van der Waals surface area (Å²) in [6.07, 6.45) is 6.91. The van der Waals surface area contributed by atoms with Crippen LogP contribution < -0.4 is 5.32 Å². The molecular weight excluding hydrogens is 252 g/mol. The van der Waals surface area contributed by atoms with E-state index in [9.17, 15) is 4.79 Å². The average molecular weight is 264 g/mol. The van der Waals surface area contributed by atoms with Crippen molar-refractivity contribution in [2.24, 2.45) is 0 Å². The zero-order valence-electron chi connectivity index (χ0n) is 10.6. The Bertz CT molecular complexity index is 691. The van der Waals surface area contributed by atoms with Crippen LogP contribution in [0.5, 0.6) is 0 Å². The van der Waals surface area contributed by atoms with Gasteiger partial charge in [-0.05, 0) is 36.4 Å². The highest BCUT2D eigenvalue weighted by Gasteiger charge is 2.06. The molecule has 0 aliphatic heterocycles. The molecule has 0 aliphatic carbocycles. The SMILES string of the molecule is O=C(Nc1ccccn1)c1ccc(-n2ccnc2)cc1. The minimum Gasteiger partial charge on any atom is -0.307 e. The lowest BCUT2D eigenvalue weighted by atomic mass is 10.2. The number of imidazole rings is 1. The molecule has 2 heterocycles. The summed E-state index contributed by atoms with van der Waals surface area (Å²) in [5, 5.41) is 2.74. The Morgan fingerprint density at radius 1 is 1.05 bits per heavy atom. The van der Waals surface area contributed by atoms with E-state index < -0.39 is 0 Å². The third-order valence-electron chi connectivity index (χ3n) is 2.84. The van der Waals surface area contributed by atoms with E-state index in [0.29, 0.717) is 11.4 Å². The molecule has 0 unspecified atom stereocenters. The van der Waals surface area contributed by atoms with Gasteiger partial charge in [0.05, 0.1) is 6.33 Å². The molecule has 1 aromatic carbocycles. The summed E-state index contributed by atoms with van der Waals surface area (Å²) >= 11 is 0. The van der Waals surface area contributed by atoms with Crippen LogP contribution in [0, 0.1) is 0 Å². The second-order valence-corrected chi connectivity index (χ2v) is 4.19. The molecule has 5 heteroatoms. The highest BCUT2D eigenvalue weighted by Crippen LogP contribution is 2.11. The number of carbonyl (C=O) groups is 1. The van der Waals surface area contributed by atoms with Crippen LogP contribution in [0.2, 0.25) is 0 Å². The number of nitrogens with zero attached hydrogens (tertiary/aromatic N) is 3. The molecule has 98 valence electrons. The summed E-state index contributed by atoms with van der Waals surface area (Å²) in [5.41, 5.74) is 1.54. The number of rotatable bonds is 3. The molecule has 0 aliphatic rings. The van der Waals surface area contributed by atoms with Gasteiger partial charge >= 0.3 is 0 Å². The summed E-state index contributed by atoms with van der Waals surface area (Å²) in [5.74, 6) is 0.358. The van der Waals surface area contributed by atoms with Crippen molar-refractivity contribution in [3.8, 4) is 5.69 Å². The van der Waals surface area contributed by atoms with Crippen molar-refractivity contribution in [2.75, 3.05) is 5.32 Å². The van der Waals surface area contributed by atoms with E-state index in [1.807, 2.05) is 29.0 Å². The van der Waals surface area contributed by atoms with Crippen LogP contribution in [0.1, 0.15) is 10.4 Å². The fourth-order valence-corrected chi connectivity index (χ4v) is 1.82. The maximum atomic E-state index is 12.0. The number of aromatic nitrogens is 3. The summed E-state index contributed by atoms with van der Waals surface area (Å²) < 4.78 is 1.88. The standard InChI is InChI=1S/C15H12N4O/c20-15(18-14-3-1-2-8-17-14)12-4-6-13(7-5-12)19-10-9-16-11-19/h1-11H,(H,17,18,20). The number of benzene rings is 1. The minimum absolute atomic E-state index is 0.180. The van der Waals surface area contributed by atoms with Crippen LogP contribution in [0.4, 0.5) is 5.82 Å². The summed E-state index contributed by atoms with van der Waals surface area (Å²) in [6.45, 7) is 0. The predicted octanol–water partition coefficient (Wildman–Crippen LogP) is 2.52. The number of pyridine rings is 1. The number of carbonyl (C=O) groups excluding carboxylic acids is 1. The van der Waals surface area contributed by atoms with E-state index in [-0.39, 0.29) is 5.91 Å². The van der Waals surface area contributed by atoms with Crippen molar-refractivity contribution >= 4 is 11.7 Å². The Morgan fingerprint density at radius 2 is 1.90 bits per heavy atom. The molecule has 1 N–H and O–H groups in total. The molecule has 5 nitrogen and oxygen atoms in total. The van der Waals surface area contributed by atoms with E-state index >= 15 is 0 Å². The fraction of sp³-hybridized carbons (Fsp3) is 0. The molecule has 3 aromatic rings. The summed E-state index contributed by atoms with van der Waals surface area (Å²) in [7, 11) is 0. The Balaban J connectivity index is 1.76. The highest BCUT2D eigenvalue weighted by molar-refractivity contribution is 6.03. The van der Waals surface area contributed by atoms with Gasteiger partial charge in [-0.25, -0.2) is 9.97 Å². The molecular formula is C15H12N4O. The Morgan fingerprint density at radius 3 is 2.55 bits per heavy atom. The van der Waals surface area contributed by atoms with Gasteiger partial charge in [0.2, 0.25) is 0 Å².